The van der Waals surface area contributed by atoms with Gasteiger partial charge in [0.15, 0.2) is 0 Å². The summed E-state index contributed by atoms with van der Waals surface area (Å²) in [5.74, 6) is 0. The van der Waals surface area contributed by atoms with Crippen LogP contribution in [0.4, 0.5) is 0 Å². The summed E-state index contributed by atoms with van der Waals surface area (Å²) in [6.07, 6.45) is 0. The Labute approximate surface area is 123 Å². The first kappa shape index (κ1) is 37.8. The SMILES string of the molecule is O.O.[BaH2].[SrH2].[Ti]. The average molecular weight is 313 g/mol. The fourth-order valence-corrected chi connectivity index (χ4v) is 0. The Hall–Kier alpha value is 3.69. The van der Waals surface area contributed by atoms with Gasteiger partial charge in [0.05, 0.1) is 0 Å². The van der Waals surface area contributed by atoms with Gasteiger partial charge in [0, 0.05) is 21.7 Å². The Morgan fingerprint density at radius 2 is 0.800 bits per heavy atom. The zero-order chi connectivity index (χ0) is 0. The summed E-state index contributed by atoms with van der Waals surface area (Å²) in [6, 6.07) is 0. The number of hydrogen-bond donors (Lipinski definition) is 0. The van der Waals surface area contributed by atoms with Crippen LogP contribution in [0.15, 0.2) is 0 Å². The molecule has 0 aromatic rings. The van der Waals surface area contributed by atoms with E-state index in [4.69, 9.17) is 0 Å². The van der Waals surface area contributed by atoms with Crippen LogP contribution in [0, 0.1) is 0 Å². The predicted molar refractivity (Wildman–Crippen MR) is 24.3 cm³/mol. The van der Waals surface area contributed by atoms with Gasteiger partial charge in [-0.25, -0.2) is 0 Å². The second-order valence-corrected chi connectivity index (χ2v) is 0. The third-order valence-electron chi connectivity index (χ3n) is 0. The number of hydrogen-bond acceptors (Lipinski definition) is 0. The summed E-state index contributed by atoms with van der Waals surface area (Å²) in [4.78, 5) is 0. The minimum atomic E-state index is 0. The molecule has 0 unspecified atom stereocenters. The van der Waals surface area contributed by atoms with Gasteiger partial charge in [-0.3, -0.25) is 0 Å². The fraction of sp³-hybridized carbons (Fsp3) is 0. The van der Waals surface area contributed by atoms with E-state index in [1.165, 1.54) is 0 Å². The molecule has 2 nitrogen and oxygen atoms in total. The van der Waals surface area contributed by atoms with Crippen molar-refractivity contribution >= 4 is 94.4 Å². The van der Waals surface area contributed by atoms with Crippen LogP contribution in [0.25, 0.3) is 0 Å². The summed E-state index contributed by atoms with van der Waals surface area (Å²) >= 11 is 0. The minimum Gasteiger partial charge on any atom is 0 e. The molecule has 0 radical (unpaired) electrons. The smallest absolute Gasteiger partial charge is 0 e. The van der Waals surface area contributed by atoms with Crippen molar-refractivity contribution in [2.75, 3.05) is 0 Å². The molecule has 5 heteroatoms. The molecule has 0 aliphatic rings. The van der Waals surface area contributed by atoms with Crippen LogP contribution in [0.5, 0.6) is 0 Å². The summed E-state index contributed by atoms with van der Waals surface area (Å²) in [5, 5.41) is 0. The van der Waals surface area contributed by atoms with Gasteiger partial charge >= 0.3 is 94.4 Å². The molecule has 5 heavy (non-hydrogen) atoms. The third kappa shape index (κ3) is 18.3. The summed E-state index contributed by atoms with van der Waals surface area (Å²) < 4.78 is 0. The van der Waals surface area contributed by atoms with E-state index >= 15 is 0 Å². The van der Waals surface area contributed by atoms with E-state index in [9.17, 15) is 0 Å². The van der Waals surface area contributed by atoms with Gasteiger partial charge in [0.25, 0.3) is 0 Å². The van der Waals surface area contributed by atoms with Crippen LogP contribution in [-0.2, 0) is 21.7 Å². The van der Waals surface area contributed by atoms with E-state index in [0.29, 0.717) is 0 Å². The van der Waals surface area contributed by atoms with Crippen LogP contribution >= 0.6 is 0 Å². The molecule has 0 saturated heterocycles. The predicted octanol–water partition coefficient (Wildman–Crippen LogP) is -3.48. The van der Waals surface area contributed by atoms with Crippen molar-refractivity contribution < 1.29 is 32.7 Å². The Morgan fingerprint density at radius 3 is 0.800 bits per heavy atom. The van der Waals surface area contributed by atoms with Crippen molar-refractivity contribution in [3.63, 3.8) is 0 Å². The Balaban J connectivity index is 0. The van der Waals surface area contributed by atoms with E-state index in [-0.39, 0.29) is 127 Å². The van der Waals surface area contributed by atoms with Gasteiger partial charge in [0.1, 0.15) is 0 Å². The molecule has 0 aromatic heterocycles. The maximum Gasteiger partial charge on any atom is 0 e. The molecule has 0 atom stereocenters. The summed E-state index contributed by atoms with van der Waals surface area (Å²) in [7, 11) is 0. The summed E-state index contributed by atoms with van der Waals surface area (Å²) in [6.45, 7) is 0. The molecule has 4 N–H and O–H groups in total. The van der Waals surface area contributed by atoms with E-state index in [1.54, 1.807) is 0 Å². The van der Waals surface area contributed by atoms with Gasteiger partial charge in [-0.1, -0.05) is 0 Å². The zero-order valence-electron chi connectivity index (χ0n) is 1.50. The normalized spacial score (nSPS) is 0. The monoisotopic (exact) mass is 314 g/mol. The topological polar surface area (TPSA) is 63.0 Å². The average Bonchev–Trinajstić information content (AvgIpc) is 0. The van der Waals surface area contributed by atoms with Crippen molar-refractivity contribution in [1.82, 2.24) is 0 Å². The van der Waals surface area contributed by atoms with E-state index in [1.807, 2.05) is 0 Å². The van der Waals surface area contributed by atoms with Gasteiger partial charge in [0.2, 0.25) is 0 Å². The van der Waals surface area contributed by atoms with Crippen molar-refractivity contribution in [2.45, 2.75) is 0 Å². The third-order valence-corrected chi connectivity index (χ3v) is 0. The van der Waals surface area contributed by atoms with Crippen molar-refractivity contribution in [3.8, 4) is 0 Å². The maximum atomic E-state index is 0. The van der Waals surface area contributed by atoms with Crippen molar-refractivity contribution in [2.24, 2.45) is 0 Å². The molecule has 0 saturated carbocycles. The molecule has 0 spiro atoms. The van der Waals surface area contributed by atoms with E-state index < -0.39 is 0 Å². The van der Waals surface area contributed by atoms with E-state index in [0.717, 1.165) is 0 Å². The van der Waals surface area contributed by atoms with Gasteiger partial charge in [-0.15, -0.1) is 0 Å². The zero-order valence-corrected chi connectivity index (χ0v) is 3.06. The molecule has 0 heterocycles. The van der Waals surface area contributed by atoms with Crippen molar-refractivity contribution in [1.29, 1.82) is 0 Å². The second kappa shape index (κ2) is 25.3. The molecule has 0 fully saturated rings. The minimum absolute atomic E-state index is 0. The largest absolute Gasteiger partial charge is 0 e. The maximum absolute atomic E-state index is 0. The molecule has 0 aliphatic carbocycles. The molecule has 0 amide bonds. The first-order valence-electron chi connectivity index (χ1n) is 0. The van der Waals surface area contributed by atoms with Crippen LogP contribution in [-0.4, -0.2) is 105 Å². The van der Waals surface area contributed by atoms with Crippen LogP contribution in [0.2, 0.25) is 0 Å². The van der Waals surface area contributed by atoms with Crippen molar-refractivity contribution in [3.05, 3.63) is 0 Å². The first-order valence-corrected chi connectivity index (χ1v) is 0. The quantitative estimate of drug-likeness (QED) is 0.417. The standard InChI is InChI=1S/Ba.2H2O.Sr.Ti.4H/h;2*1H2;;;;;;. The van der Waals surface area contributed by atoms with Crippen LogP contribution in [0.3, 0.4) is 0 Å². The first-order chi connectivity index (χ1) is 0. The van der Waals surface area contributed by atoms with Gasteiger partial charge < -0.3 is 11.0 Å². The molecular formula is H8BaO2SrTi. The molecule has 0 aliphatic heterocycles. The fourth-order valence-electron chi connectivity index (χ4n) is 0. The molecule has 0 bridgehead atoms. The Bertz CT molecular complexity index is 9.61. The molecule has 0 aromatic carbocycles. The Morgan fingerprint density at radius 1 is 0.800 bits per heavy atom. The molecule has 28 valence electrons. The molecular weight excluding hydrogens is 305 g/mol. The van der Waals surface area contributed by atoms with Crippen LogP contribution in [0.1, 0.15) is 0 Å². The van der Waals surface area contributed by atoms with Gasteiger partial charge in [-0.05, 0) is 0 Å². The number of rotatable bonds is 0. The summed E-state index contributed by atoms with van der Waals surface area (Å²) in [5.41, 5.74) is 0. The second-order valence-electron chi connectivity index (χ2n) is 0. The van der Waals surface area contributed by atoms with Crippen LogP contribution < -0.4 is 0 Å². The van der Waals surface area contributed by atoms with Gasteiger partial charge in [-0.2, -0.15) is 0 Å². The Kier molecular flexibility index (Phi) is 191. The molecule has 0 rings (SSSR count). The van der Waals surface area contributed by atoms with E-state index in [2.05, 4.69) is 0 Å².